The Kier molecular flexibility index (Phi) is 7.11. The van der Waals surface area contributed by atoms with Crippen LogP contribution in [0.25, 0.3) is 0 Å². The van der Waals surface area contributed by atoms with Crippen molar-refractivity contribution in [3.63, 3.8) is 0 Å². The zero-order chi connectivity index (χ0) is 18.9. The van der Waals surface area contributed by atoms with Crippen LogP contribution in [-0.4, -0.2) is 44.1 Å². The Labute approximate surface area is 162 Å². The van der Waals surface area contributed by atoms with Gasteiger partial charge in [0.15, 0.2) is 5.96 Å². The lowest BCUT2D eigenvalue weighted by Crippen LogP contribution is -2.35. The Morgan fingerprint density at radius 3 is 2.48 bits per heavy atom. The predicted octanol–water partition coefficient (Wildman–Crippen LogP) is 2.98. The Morgan fingerprint density at radius 2 is 1.81 bits per heavy atom. The van der Waals surface area contributed by atoms with Gasteiger partial charge in [0.1, 0.15) is 5.75 Å². The van der Waals surface area contributed by atoms with E-state index < -0.39 is 0 Å². The summed E-state index contributed by atoms with van der Waals surface area (Å²) in [5.41, 5.74) is 8.67. The first-order chi connectivity index (χ1) is 13.3. The number of aliphatic imine (C=N–C) groups is 1. The minimum atomic E-state index is 0.257. The molecule has 0 bridgehead atoms. The van der Waals surface area contributed by atoms with Crippen LogP contribution < -0.4 is 15.8 Å². The van der Waals surface area contributed by atoms with Crippen molar-refractivity contribution in [1.29, 1.82) is 0 Å². The molecule has 1 heterocycles. The van der Waals surface area contributed by atoms with E-state index in [1.54, 1.807) is 7.11 Å². The van der Waals surface area contributed by atoms with Gasteiger partial charge in [-0.1, -0.05) is 42.5 Å². The summed E-state index contributed by atoms with van der Waals surface area (Å²) in [5.74, 6) is 1.40. The molecule has 0 aromatic heterocycles. The number of nitrogens with zero attached hydrogens (tertiary/aromatic N) is 2. The molecule has 0 spiro atoms. The zero-order valence-corrected chi connectivity index (χ0v) is 16.1. The highest BCUT2D eigenvalue weighted by Crippen LogP contribution is 2.27. The molecule has 1 aliphatic rings. The normalized spacial score (nSPS) is 16.3. The number of nitrogens with one attached hydrogen (secondary N) is 1. The van der Waals surface area contributed by atoms with E-state index in [-0.39, 0.29) is 6.04 Å². The SMILES string of the molecule is COc1ccc(C(CN=C(N)NCCc2ccccc2)N2CCCC2)cc1. The molecule has 0 aliphatic carbocycles. The highest BCUT2D eigenvalue weighted by molar-refractivity contribution is 5.77. The average molecular weight is 367 g/mol. The molecule has 0 saturated carbocycles. The molecule has 1 fully saturated rings. The molecule has 0 amide bonds. The van der Waals surface area contributed by atoms with E-state index in [4.69, 9.17) is 10.5 Å². The topological polar surface area (TPSA) is 62.9 Å². The van der Waals surface area contributed by atoms with E-state index in [2.05, 4.69) is 51.6 Å². The summed E-state index contributed by atoms with van der Waals surface area (Å²) in [6.45, 7) is 3.69. The Morgan fingerprint density at radius 1 is 1.11 bits per heavy atom. The van der Waals surface area contributed by atoms with E-state index in [9.17, 15) is 0 Å². The van der Waals surface area contributed by atoms with Gasteiger partial charge in [0.2, 0.25) is 0 Å². The Bertz CT molecular complexity index is 709. The summed E-state index contributed by atoms with van der Waals surface area (Å²) in [6.07, 6.45) is 3.44. The molecule has 1 aliphatic heterocycles. The van der Waals surface area contributed by atoms with Crippen LogP contribution in [0.15, 0.2) is 59.6 Å². The van der Waals surface area contributed by atoms with Crippen LogP contribution in [0.5, 0.6) is 5.75 Å². The molecule has 1 saturated heterocycles. The van der Waals surface area contributed by atoms with Crippen molar-refractivity contribution in [3.8, 4) is 5.75 Å². The molecule has 3 N–H and O–H groups in total. The Balaban J connectivity index is 1.58. The van der Waals surface area contributed by atoms with Crippen molar-refractivity contribution in [1.82, 2.24) is 10.2 Å². The van der Waals surface area contributed by atoms with Crippen LogP contribution in [0.1, 0.15) is 30.0 Å². The van der Waals surface area contributed by atoms with Crippen molar-refractivity contribution >= 4 is 5.96 Å². The zero-order valence-electron chi connectivity index (χ0n) is 16.1. The second-order valence-corrected chi connectivity index (χ2v) is 6.92. The fourth-order valence-electron chi connectivity index (χ4n) is 3.53. The van der Waals surface area contributed by atoms with E-state index in [1.807, 2.05) is 18.2 Å². The van der Waals surface area contributed by atoms with E-state index in [0.29, 0.717) is 12.5 Å². The van der Waals surface area contributed by atoms with Crippen LogP contribution in [0.3, 0.4) is 0 Å². The van der Waals surface area contributed by atoms with Crippen molar-refractivity contribution < 1.29 is 4.74 Å². The molecule has 3 rings (SSSR count). The fraction of sp³-hybridized carbons (Fsp3) is 0.409. The summed E-state index contributed by atoms with van der Waals surface area (Å²) in [5, 5.41) is 3.24. The standard InChI is InChI=1S/C22H30N4O/c1-27-20-11-9-19(10-12-20)21(26-15-5-6-16-26)17-25-22(23)24-14-13-18-7-3-2-4-8-18/h2-4,7-12,21H,5-6,13-17H2,1H3,(H3,23,24,25). The van der Waals surface area contributed by atoms with Gasteiger partial charge in [-0.25, -0.2) is 0 Å². The first-order valence-electron chi connectivity index (χ1n) is 9.72. The van der Waals surface area contributed by atoms with Gasteiger partial charge in [0.05, 0.1) is 19.7 Å². The van der Waals surface area contributed by atoms with Crippen molar-refractivity contribution in [3.05, 3.63) is 65.7 Å². The maximum absolute atomic E-state index is 6.11. The first kappa shape index (κ1) is 19.2. The third-order valence-electron chi connectivity index (χ3n) is 5.08. The predicted molar refractivity (Wildman–Crippen MR) is 111 cm³/mol. The fourth-order valence-corrected chi connectivity index (χ4v) is 3.53. The first-order valence-corrected chi connectivity index (χ1v) is 9.72. The van der Waals surface area contributed by atoms with E-state index in [1.165, 1.54) is 24.0 Å². The second kappa shape index (κ2) is 9.97. The van der Waals surface area contributed by atoms with Gasteiger partial charge in [-0.05, 0) is 55.6 Å². The van der Waals surface area contributed by atoms with Crippen molar-refractivity contribution in [2.45, 2.75) is 25.3 Å². The summed E-state index contributed by atoms with van der Waals surface area (Å²) >= 11 is 0. The van der Waals surface area contributed by atoms with Gasteiger partial charge in [-0.3, -0.25) is 9.89 Å². The minimum absolute atomic E-state index is 0.257. The number of hydrogen-bond donors (Lipinski definition) is 2. The highest BCUT2D eigenvalue weighted by Gasteiger charge is 2.23. The lowest BCUT2D eigenvalue weighted by molar-refractivity contribution is 0.251. The average Bonchev–Trinajstić information content (AvgIpc) is 3.24. The number of rotatable bonds is 8. The monoisotopic (exact) mass is 366 g/mol. The van der Waals surface area contributed by atoms with Crippen LogP contribution in [0, 0.1) is 0 Å². The van der Waals surface area contributed by atoms with Gasteiger partial charge in [0.25, 0.3) is 0 Å². The smallest absolute Gasteiger partial charge is 0.188 e. The molecule has 144 valence electrons. The molecule has 1 atom stereocenters. The summed E-state index contributed by atoms with van der Waals surface area (Å²) in [4.78, 5) is 7.13. The van der Waals surface area contributed by atoms with Gasteiger partial charge in [-0.2, -0.15) is 0 Å². The maximum Gasteiger partial charge on any atom is 0.188 e. The lowest BCUT2D eigenvalue weighted by Gasteiger charge is -2.27. The van der Waals surface area contributed by atoms with Crippen molar-refractivity contribution in [2.24, 2.45) is 10.7 Å². The summed E-state index contributed by atoms with van der Waals surface area (Å²) in [6, 6.07) is 19.0. The third kappa shape index (κ3) is 5.73. The highest BCUT2D eigenvalue weighted by atomic mass is 16.5. The largest absolute Gasteiger partial charge is 0.497 e. The molecular weight excluding hydrogens is 336 g/mol. The van der Waals surface area contributed by atoms with Crippen LogP contribution in [0.4, 0.5) is 0 Å². The third-order valence-corrected chi connectivity index (χ3v) is 5.08. The Hall–Kier alpha value is -2.53. The summed E-state index contributed by atoms with van der Waals surface area (Å²) < 4.78 is 5.28. The minimum Gasteiger partial charge on any atom is -0.497 e. The number of methoxy groups -OCH3 is 1. The molecule has 1 unspecified atom stereocenters. The number of nitrogens with two attached hydrogens (primary N) is 1. The molecular formula is C22H30N4O. The number of benzene rings is 2. The lowest BCUT2D eigenvalue weighted by atomic mass is 10.1. The van der Waals surface area contributed by atoms with Gasteiger partial charge in [-0.15, -0.1) is 0 Å². The second-order valence-electron chi connectivity index (χ2n) is 6.92. The molecule has 5 heteroatoms. The van der Waals surface area contributed by atoms with Crippen LogP contribution in [0.2, 0.25) is 0 Å². The van der Waals surface area contributed by atoms with Gasteiger partial charge < -0.3 is 15.8 Å². The number of guanidine groups is 1. The van der Waals surface area contributed by atoms with Crippen molar-refractivity contribution in [2.75, 3.05) is 33.3 Å². The van der Waals surface area contributed by atoms with Crippen LogP contribution >= 0.6 is 0 Å². The molecule has 5 nitrogen and oxygen atoms in total. The summed E-state index contributed by atoms with van der Waals surface area (Å²) in [7, 11) is 1.69. The van der Waals surface area contributed by atoms with Crippen LogP contribution in [-0.2, 0) is 6.42 Å². The van der Waals surface area contributed by atoms with Gasteiger partial charge >= 0.3 is 0 Å². The van der Waals surface area contributed by atoms with Gasteiger partial charge in [0, 0.05) is 6.54 Å². The molecule has 0 radical (unpaired) electrons. The maximum atomic E-state index is 6.11. The quantitative estimate of drug-likeness (QED) is 0.557. The number of likely N-dealkylation sites (tertiary alicyclic amines) is 1. The molecule has 2 aromatic rings. The van der Waals surface area contributed by atoms with E-state index >= 15 is 0 Å². The molecule has 27 heavy (non-hydrogen) atoms. The molecule has 2 aromatic carbocycles. The number of ether oxygens (including phenoxy) is 1. The van der Waals surface area contributed by atoms with E-state index in [0.717, 1.165) is 31.8 Å². The number of hydrogen-bond acceptors (Lipinski definition) is 3.